The van der Waals surface area contributed by atoms with Crippen molar-refractivity contribution in [3.05, 3.63) is 47.0 Å². The van der Waals surface area contributed by atoms with Gasteiger partial charge in [-0.3, -0.25) is 0 Å². The summed E-state index contributed by atoms with van der Waals surface area (Å²) in [6.07, 6.45) is 4.52. The Balaban J connectivity index is 1.61. The first-order chi connectivity index (χ1) is 9.25. The highest BCUT2D eigenvalue weighted by molar-refractivity contribution is 6.30. The molecule has 0 aliphatic heterocycles. The number of hydrogen-bond donors (Lipinski definition) is 2. The van der Waals surface area contributed by atoms with Gasteiger partial charge in [0, 0.05) is 17.4 Å². The number of ether oxygens (including phenoxy) is 1. The molecule has 1 heterocycles. The van der Waals surface area contributed by atoms with Crippen LogP contribution in [0.25, 0.3) is 0 Å². The van der Waals surface area contributed by atoms with Crippen LogP contribution in [0.15, 0.2) is 30.6 Å². The molecule has 1 aromatic carbocycles. The third-order valence-electron chi connectivity index (χ3n) is 2.74. The fourth-order valence-corrected chi connectivity index (χ4v) is 1.98. The van der Waals surface area contributed by atoms with Gasteiger partial charge >= 0.3 is 0 Å². The summed E-state index contributed by atoms with van der Waals surface area (Å²) >= 11 is 5.89. The maximum Gasteiger partial charge on any atom is 0.122 e. The lowest BCUT2D eigenvalue weighted by Gasteiger charge is -2.09. The third-order valence-corrected chi connectivity index (χ3v) is 2.97. The van der Waals surface area contributed by atoms with Gasteiger partial charge in [0.25, 0.3) is 0 Å². The maximum absolute atomic E-state index is 5.89. The van der Waals surface area contributed by atoms with Gasteiger partial charge in [-0.1, -0.05) is 11.6 Å². The SMILES string of the molecule is Cc1cc(Cl)ccc1OCCCNCc1ncc[nH]1. The van der Waals surface area contributed by atoms with E-state index < -0.39 is 0 Å². The third kappa shape index (κ3) is 4.58. The number of H-pyrrole nitrogens is 1. The summed E-state index contributed by atoms with van der Waals surface area (Å²) in [6.45, 7) is 4.34. The van der Waals surface area contributed by atoms with E-state index >= 15 is 0 Å². The molecule has 0 radical (unpaired) electrons. The van der Waals surface area contributed by atoms with Crippen LogP contribution in [0.1, 0.15) is 17.8 Å². The molecule has 4 nitrogen and oxygen atoms in total. The summed E-state index contributed by atoms with van der Waals surface area (Å²) in [7, 11) is 0. The molecule has 0 fully saturated rings. The number of aryl methyl sites for hydroxylation is 1. The highest BCUT2D eigenvalue weighted by Gasteiger charge is 2.00. The first-order valence-electron chi connectivity index (χ1n) is 6.33. The standard InChI is InChI=1S/C14H18ClN3O/c1-11-9-12(15)3-4-13(11)19-8-2-5-16-10-14-17-6-7-18-14/h3-4,6-7,9,16H,2,5,8,10H2,1H3,(H,17,18). The maximum atomic E-state index is 5.89. The Hall–Kier alpha value is -1.52. The summed E-state index contributed by atoms with van der Waals surface area (Å²) in [5.41, 5.74) is 1.07. The molecule has 2 rings (SSSR count). The molecule has 0 spiro atoms. The quantitative estimate of drug-likeness (QED) is 0.766. The summed E-state index contributed by atoms with van der Waals surface area (Å²) < 4.78 is 5.71. The van der Waals surface area contributed by atoms with Gasteiger partial charge in [-0.05, 0) is 43.7 Å². The van der Waals surface area contributed by atoms with Crippen molar-refractivity contribution in [2.24, 2.45) is 0 Å². The molecule has 2 aromatic rings. The zero-order valence-corrected chi connectivity index (χ0v) is 11.7. The van der Waals surface area contributed by atoms with Crippen LogP contribution in [0.5, 0.6) is 5.75 Å². The van der Waals surface area contributed by atoms with Crippen LogP contribution in [0, 0.1) is 6.92 Å². The topological polar surface area (TPSA) is 49.9 Å². The number of rotatable bonds is 7. The number of aromatic amines is 1. The van der Waals surface area contributed by atoms with Gasteiger partial charge in [-0.2, -0.15) is 0 Å². The van der Waals surface area contributed by atoms with Crippen molar-refractivity contribution in [2.45, 2.75) is 19.9 Å². The molecular weight excluding hydrogens is 262 g/mol. The number of nitrogens with one attached hydrogen (secondary N) is 2. The predicted molar refractivity (Wildman–Crippen MR) is 76.6 cm³/mol. The van der Waals surface area contributed by atoms with E-state index in [-0.39, 0.29) is 0 Å². The monoisotopic (exact) mass is 279 g/mol. The van der Waals surface area contributed by atoms with E-state index in [0.717, 1.165) is 41.7 Å². The lowest BCUT2D eigenvalue weighted by molar-refractivity contribution is 0.306. The van der Waals surface area contributed by atoms with Gasteiger partial charge in [-0.15, -0.1) is 0 Å². The van der Waals surface area contributed by atoms with Gasteiger partial charge in [-0.25, -0.2) is 4.98 Å². The Bertz CT molecular complexity index is 499. The van der Waals surface area contributed by atoms with Gasteiger partial charge < -0.3 is 15.0 Å². The van der Waals surface area contributed by atoms with Gasteiger partial charge in [0.2, 0.25) is 0 Å². The van der Waals surface area contributed by atoms with E-state index in [2.05, 4.69) is 15.3 Å². The van der Waals surface area contributed by atoms with Crippen LogP contribution >= 0.6 is 11.6 Å². The minimum atomic E-state index is 0.688. The van der Waals surface area contributed by atoms with Crippen LogP contribution in [0.4, 0.5) is 0 Å². The smallest absolute Gasteiger partial charge is 0.122 e. The molecule has 19 heavy (non-hydrogen) atoms. The largest absolute Gasteiger partial charge is 0.493 e. The number of hydrogen-bond acceptors (Lipinski definition) is 3. The average molecular weight is 280 g/mol. The molecule has 0 aliphatic rings. The molecule has 0 aliphatic carbocycles. The average Bonchev–Trinajstić information content (AvgIpc) is 2.89. The van der Waals surface area contributed by atoms with Gasteiger partial charge in [0.1, 0.15) is 11.6 Å². The van der Waals surface area contributed by atoms with Crippen LogP contribution in [-0.2, 0) is 6.54 Å². The Kier molecular flexibility index (Phi) is 5.24. The number of aromatic nitrogens is 2. The van der Waals surface area contributed by atoms with E-state index in [1.54, 1.807) is 6.20 Å². The van der Waals surface area contributed by atoms with Crippen molar-refractivity contribution in [1.82, 2.24) is 15.3 Å². The molecule has 1 aromatic heterocycles. The van der Waals surface area contributed by atoms with Crippen molar-refractivity contribution in [3.63, 3.8) is 0 Å². The fourth-order valence-electron chi connectivity index (χ4n) is 1.76. The first kappa shape index (κ1) is 13.9. The van der Waals surface area contributed by atoms with Gasteiger partial charge in [0.15, 0.2) is 0 Å². The second-order valence-electron chi connectivity index (χ2n) is 4.32. The fraction of sp³-hybridized carbons (Fsp3) is 0.357. The summed E-state index contributed by atoms with van der Waals surface area (Å²) in [5.74, 6) is 1.85. The number of imidazole rings is 1. The molecule has 0 saturated carbocycles. The molecule has 0 bridgehead atoms. The Morgan fingerprint density at radius 1 is 1.42 bits per heavy atom. The van der Waals surface area contributed by atoms with Crippen molar-refractivity contribution in [1.29, 1.82) is 0 Å². The van der Waals surface area contributed by atoms with Crippen LogP contribution in [0.3, 0.4) is 0 Å². The first-order valence-corrected chi connectivity index (χ1v) is 6.71. The zero-order valence-electron chi connectivity index (χ0n) is 10.9. The number of halogens is 1. The van der Waals surface area contributed by atoms with Crippen molar-refractivity contribution in [2.75, 3.05) is 13.2 Å². The summed E-state index contributed by atoms with van der Waals surface area (Å²) in [6, 6.07) is 5.67. The van der Waals surface area contributed by atoms with E-state index in [9.17, 15) is 0 Å². The molecule has 0 saturated heterocycles. The van der Waals surface area contributed by atoms with Crippen LogP contribution < -0.4 is 10.1 Å². The lowest BCUT2D eigenvalue weighted by Crippen LogP contribution is -2.17. The molecule has 2 N–H and O–H groups in total. The van der Waals surface area contributed by atoms with E-state index in [1.165, 1.54) is 0 Å². The molecule has 102 valence electrons. The minimum absolute atomic E-state index is 0.688. The Morgan fingerprint density at radius 3 is 3.05 bits per heavy atom. The predicted octanol–water partition coefficient (Wildman–Crippen LogP) is 2.93. The lowest BCUT2D eigenvalue weighted by atomic mass is 10.2. The number of nitrogens with zero attached hydrogens (tertiary/aromatic N) is 1. The van der Waals surface area contributed by atoms with Crippen LogP contribution in [-0.4, -0.2) is 23.1 Å². The van der Waals surface area contributed by atoms with Crippen molar-refractivity contribution < 1.29 is 4.74 Å². The van der Waals surface area contributed by atoms with E-state index in [1.807, 2.05) is 31.3 Å². The van der Waals surface area contributed by atoms with E-state index in [4.69, 9.17) is 16.3 Å². The molecule has 0 amide bonds. The molecule has 0 unspecified atom stereocenters. The van der Waals surface area contributed by atoms with Crippen molar-refractivity contribution in [3.8, 4) is 5.75 Å². The molecule has 5 heteroatoms. The van der Waals surface area contributed by atoms with Gasteiger partial charge in [0.05, 0.1) is 13.2 Å². The normalized spacial score (nSPS) is 10.6. The zero-order chi connectivity index (χ0) is 13.5. The molecule has 0 atom stereocenters. The second kappa shape index (κ2) is 7.16. The highest BCUT2D eigenvalue weighted by Crippen LogP contribution is 2.21. The molecular formula is C14H18ClN3O. The van der Waals surface area contributed by atoms with Crippen molar-refractivity contribution >= 4 is 11.6 Å². The second-order valence-corrected chi connectivity index (χ2v) is 4.76. The van der Waals surface area contributed by atoms with E-state index in [0.29, 0.717) is 6.61 Å². The Labute approximate surface area is 118 Å². The Morgan fingerprint density at radius 2 is 2.32 bits per heavy atom. The number of benzene rings is 1. The van der Waals surface area contributed by atoms with Crippen LogP contribution in [0.2, 0.25) is 5.02 Å². The summed E-state index contributed by atoms with van der Waals surface area (Å²) in [4.78, 5) is 7.19. The summed E-state index contributed by atoms with van der Waals surface area (Å²) in [5, 5.41) is 4.04. The highest BCUT2D eigenvalue weighted by atomic mass is 35.5. The minimum Gasteiger partial charge on any atom is -0.493 e.